The van der Waals surface area contributed by atoms with Crippen molar-refractivity contribution in [2.75, 3.05) is 19.7 Å². The first-order valence-electron chi connectivity index (χ1n) is 6.39. The SMILES string of the molecule is C#CCN(CC#C)[C@@H](CCC(=O)OCC)C(=O)CC. The highest BCUT2D eigenvalue weighted by Gasteiger charge is 2.24. The summed E-state index contributed by atoms with van der Waals surface area (Å²) in [7, 11) is 0. The van der Waals surface area contributed by atoms with E-state index in [2.05, 4.69) is 11.8 Å². The molecule has 0 spiro atoms. The zero-order chi connectivity index (χ0) is 14.7. The Morgan fingerprint density at radius 3 is 2.21 bits per heavy atom. The van der Waals surface area contributed by atoms with Crippen molar-refractivity contribution in [2.24, 2.45) is 0 Å². The molecule has 0 rings (SSSR count). The second kappa shape index (κ2) is 10.2. The predicted molar refractivity (Wildman–Crippen MR) is 74.2 cm³/mol. The molecule has 0 fully saturated rings. The summed E-state index contributed by atoms with van der Waals surface area (Å²) in [6, 6.07) is -0.415. The number of Topliss-reactive ketones (excluding diaryl/α,β-unsaturated/α-hetero) is 1. The van der Waals surface area contributed by atoms with Crippen molar-refractivity contribution in [3.05, 3.63) is 0 Å². The van der Waals surface area contributed by atoms with Crippen LogP contribution in [0.2, 0.25) is 0 Å². The van der Waals surface area contributed by atoms with Crippen LogP contribution < -0.4 is 0 Å². The molecule has 0 radical (unpaired) electrons. The number of ketones is 1. The molecule has 0 aromatic rings. The molecular formula is C15H21NO3. The lowest BCUT2D eigenvalue weighted by Gasteiger charge is -2.26. The van der Waals surface area contributed by atoms with Crippen molar-refractivity contribution in [3.8, 4) is 24.7 Å². The van der Waals surface area contributed by atoms with Gasteiger partial charge in [0, 0.05) is 12.8 Å². The van der Waals surface area contributed by atoms with Gasteiger partial charge in [-0.25, -0.2) is 0 Å². The first kappa shape index (κ1) is 17.2. The van der Waals surface area contributed by atoms with E-state index in [0.717, 1.165) is 0 Å². The number of esters is 1. The second-order valence-electron chi connectivity index (χ2n) is 3.99. The molecule has 1 atom stereocenters. The maximum absolute atomic E-state index is 11.9. The molecule has 0 unspecified atom stereocenters. The highest BCUT2D eigenvalue weighted by Crippen LogP contribution is 2.11. The molecule has 0 heterocycles. The minimum atomic E-state index is -0.415. The number of carbonyl (C=O) groups is 2. The molecule has 0 aliphatic carbocycles. The molecule has 0 saturated heterocycles. The Morgan fingerprint density at radius 1 is 1.21 bits per heavy atom. The highest BCUT2D eigenvalue weighted by atomic mass is 16.5. The van der Waals surface area contributed by atoms with E-state index in [4.69, 9.17) is 17.6 Å². The monoisotopic (exact) mass is 263 g/mol. The molecule has 0 N–H and O–H groups in total. The molecule has 0 bridgehead atoms. The molecule has 0 aromatic carbocycles. The Balaban J connectivity index is 4.70. The molecule has 4 heteroatoms. The van der Waals surface area contributed by atoms with Gasteiger partial charge < -0.3 is 4.74 Å². The molecule has 19 heavy (non-hydrogen) atoms. The average Bonchev–Trinajstić information content (AvgIpc) is 2.39. The number of ether oxygens (including phenoxy) is 1. The largest absolute Gasteiger partial charge is 0.466 e. The number of nitrogens with zero attached hydrogens (tertiary/aromatic N) is 1. The lowest BCUT2D eigenvalue weighted by molar-refractivity contribution is -0.143. The number of hydrogen-bond donors (Lipinski definition) is 0. The van der Waals surface area contributed by atoms with Crippen molar-refractivity contribution < 1.29 is 14.3 Å². The minimum Gasteiger partial charge on any atom is -0.466 e. The molecular weight excluding hydrogens is 242 g/mol. The highest BCUT2D eigenvalue weighted by molar-refractivity contribution is 5.84. The van der Waals surface area contributed by atoms with Gasteiger partial charge in [-0.1, -0.05) is 18.8 Å². The van der Waals surface area contributed by atoms with Gasteiger partial charge in [-0.05, 0) is 13.3 Å². The average molecular weight is 263 g/mol. The summed E-state index contributed by atoms with van der Waals surface area (Å²) in [5, 5.41) is 0. The van der Waals surface area contributed by atoms with Crippen molar-refractivity contribution in [3.63, 3.8) is 0 Å². The lowest BCUT2D eigenvalue weighted by Crippen LogP contribution is -2.42. The standard InChI is InChI=1S/C15H21NO3/c1-5-11-16(12-6-2)13(14(17)7-3)9-10-15(18)19-8-4/h1-2,13H,7-12H2,3-4H3/t13-/m0/s1. The fourth-order valence-electron chi connectivity index (χ4n) is 1.78. The summed E-state index contributed by atoms with van der Waals surface area (Å²) in [6.45, 7) is 4.45. The maximum atomic E-state index is 11.9. The third-order valence-corrected chi connectivity index (χ3v) is 2.68. The fourth-order valence-corrected chi connectivity index (χ4v) is 1.78. The predicted octanol–water partition coefficient (Wildman–Crippen LogP) is 1.25. The van der Waals surface area contributed by atoms with E-state index in [9.17, 15) is 9.59 Å². The summed E-state index contributed by atoms with van der Waals surface area (Å²) in [5.41, 5.74) is 0. The van der Waals surface area contributed by atoms with Crippen LogP contribution in [0, 0.1) is 24.7 Å². The van der Waals surface area contributed by atoms with E-state index < -0.39 is 6.04 Å². The zero-order valence-electron chi connectivity index (χ0n) is 11.6. The van der Waals surface area contributed by atoms with Gasteiger partial charge in [0.25, 0.3) is 0 Å². The molecule has 0 aromatic heterocycles. The summed E-state index contributed by atoms with van der Waals surface area (Å²) in [5.74, 6) is 4.70. The second-order valence-corrected chi connectivity index (χ2v) is 3.99. The van der Waals surface area contributed by atoms with Gasteiger partial charge in [-0.2, -0.15) is 0 Å². The summed E-state index contributed by atoms with van der Waals surface area (Å²) in [4.78, 5) is 25.0. The number of hydrogen-bond acceptors (Lipinski definition) is 4. The zero-order valence-corrected chi connectivity index (χ0v) is 11.6. The van der Waals surface area contributed by atoms with Gasteiger partial charge in [-0.3, -0.25) is 14.5 Å². The van der Waals surface area contributed by atoms with Crippen LogP contribution in [-0.4, -0.2) is 42.4 Å². The van der Waals surface area contributed by atoms with Crippen molar-refractivity contribution in [2.45, 2.75) is 39.2 Å². The van der Waals surface area contributed by atoms with Crippen LogP contribution in [0.3, 0.4) is 0 Å². The first-order valence-corrected chi connectivity index (χ1v) is 6.39. The van der Waals surface area contributed by atoms with Crippen LogP contribution in [0.25, 0.3) is 0 Å². The molecule has 0 amide bonds. The Bertz CT molecular complexity index is 360. The minimum absolute atomic E-state index is 0.0369. The van der Waals surface area contributed by atoms with Crippen LogP contribution in [0.1, 0.15) is 33.1 Å². The van der Waals surface area contributed by atoms with Crippen LogP contribution in [0.5, 0.6) is 0 Å². The van der Waals surface area contributed by atoms with Crippen LogP contribution in [0.15, 0.2) is 0 Å². The van der Waals surface area contributed by atoms with Gasteiger partial charge in [0.1, 0.15) is 5.78 Å². The van der Waals surface area contributed by atoms with Crippen LogP contribution >= 0.6 is 0 Å². The lowest BCUT2D eigenvalue weighted by atomic mass is 10.0. The third kappa shape index (κ3) is 6.64. The van der Waals surface area contributed by atoms with Gasteiger partial charge in [0.05, 0.1) is 25.7 Å². The van der Waals surface area contributed by atoms with E-state index in [-0.39, 0.29) is 18.2 Å². The Labute approximate surface area is 115 Å². The van der Waals surface area contributed by atoms with E-state index in [0.29, 0.717) is 32.5 Å². The van der Waals surface area contributed by atoms with Gasteiger partial charge in [0.15, 0.2) is 0 Å². The normalized spacial score (nSPS) is 11.4. The first-order chi connectivity index (χ1) is 9.10. The molecule has 4 nitrogen and oxygen atoms in total. The molecule has 0 saturated carbocycles. The van der Waals surface area contributed by atoms with E-state index in [1.165, 1.54) is 0 Å². The molecule has 0 aliphatic heterocycles. The Kier molecular flexibility index (Phi) is 9.22. The maximum Gasteiger partial charge on any atom is 0.305 e. The number of carbonyl (C=O) groups excluding carboxylic acids is 2. The van der Waals surface area contributed by atoms with E-state index in [1.807, 2.05) is 0 Å². The van der Waals surface area contributed by atoms with Gasteiger partial charge in [-0.15, -0.1) is 12.8 Å². The van der Waals surface area contributed by atoms with Crippen LogP contribution in [-0.2, 0) is 14.3 Å². The van der Waals surface area contributed by atoms with E-state index >= 15 is 0 Å². The van der Waals surface area contributed by atoms with Crippen molar-refractivity contribution >= 4 is 11.8 Å². The smallest absolute Gasteiger partial charge is 0.305 e. The van der Waals surface area contributed by atoms with Crippen molar-refractivity contribution in [1.29, 1.82) is 0 Å². The van der Waals surface area contributed by atoms with Crippen molar-refractivity contribution in [1.82, 2.24) is 4.90 Å². The number of terminal acetylenes is 2. The summed E-state index contributed by atoms with van der Waals surface area (Å²) >= 11 is 0. The van der Waals surface area contributed by atoms with Gasteiger partial charge in [0.2, 0.25) is 0 Å². The topological polar surface area (TPSA) is 46.6 Å². The summed E-state index contributed by atoms with van der Waals surface area (Å²) in [6.07, 6.45) is 11.5. The van der Waals surface area contributed by atoms with Crippen LogP contribution in [0.4, 0.5) is 0 Å². The Hall–Kier alpha value is -1.78. The third-order valence-electron chi connectivity index (χ3n) is 2.68. The quantitative estimate of drug-likeness (QED) is 0.464. The fraction of sp³-hybridized carbons (Fsp3) is 0.600. The molecule has 104 valence electrons. The molecule has 0 aliphatic rings. The Morgan fingerprint density at radius 2 is 1.79 bits per heavy atom. The summed E-state index contributed by atoms with van der Waals surface area (Å²) < 4.78 is 4.86. The van der Waals surface area contributed by atoms with E-state index in [1.54, 1.807) is 18.7 Å². The van der Waals surface area contributed by atoms with Gasteiger partial charge >= 0.3 is 5.97 Å². The number of rotatable bonds is 9.